The smallest absolute Gasteiger partial charge is 0.336 e. The molecule has 1 heterocycles. The number of carbonyl (C=O) groups excluding carboxylic acids is 2. The average molecular weight is 393 g/mol. The maximum atomic E-state index is 12.7. The molecule has 0 saturated heterocycles. The summed E-state index contributed by atoms with van der Waals surface area (Å²) in [6.07, 6.45) is 0. The Labute approximate surface area is 168 Å². The van der Waals surface area contributed by atoms with Crippen LogP contribution in [0.2, 0.25) is 0 Å². The van der Waals surface area contributed by atoms with Crippen LogP contribution in [-0.2, 0) is 11.3 Å². The van der Waals surface area contributed by atoms with Gasteiger partial charge in [0.1, 0.15) is 11.6 Å². The zero-order chi connectivity index (χ0) is 20.8. The molecule has 0 radical (unpaired) electrons. The van der Waals surface area contributed by atoms with Gasteiger partial charge in [-0.25, -0.2) is 9.59 Å². The standard InChI is InChI=1S/C22H23N3O4/c1-14(2)20(25-22(28)23-13-15-6-4-3-5-7-15)21(27)24-17-9-10-18-16(12-17)8-11-19(26)29-18/h3-12,14,20H,13H2,1-2H3,(H,24,27)(H2,23,25,28). The SMILES string of the molecule is CC(C)C(NC(=O)NCc1ccccc1)C(=O)Nc1ccc2oc(=O)ccc2c1. The summed E-state index contributed by atoms with van der Waals surface area (Å²) in [5, 5.41) is 8.99. The topological polar surface area (TPSA) is 100 Å². The van der Waals surface area contributed by atoms with Crippen LogP contribution >= 0.6 is 0 Å². The van der Waals surface area contributed by atoms with Crippen molar-refractivity contribution in [1.82, 2.24) is 10.6 Å². The Morgan fingerprint density at radius 3 is 2.48 bits per heavy atom. The molecule has 0 saturated carbocycles. The van der Waals surface area contributed by atoms with Gasteiger partial charge in [0, 0.05) is 23.7 Å². The normalized spacial score (nSPS) is 11.8. The third-order valence-corrected chi connectivity index (χ3v) is 4.42. The number of anilines is 1. The summed E-state index contributed by atoms with van der Waals surface area (Å²) in [6.45, 7) is 4.09. The van der Waals surface area contributed by atoms with E-state index in [1.165, 1.54) is 6.07 Å². The largest absolute Gasteiger partial charge is 0.423 e. The van der Waals surface area contributed by atoms with Crippen molar-refractivity contribution in [2.24, 2.45) is 5.92 Å². The maximum absolute atomic E-state index is 12.7. The highest BCUT2D eigenvalue weighted by atomic mass is 16.4. The summed E-state index contributed by atoms with van der Waals surface area (Å²) in [5.74, 6) is -0.442. The summed E-state index contributed by atoms with van der Waals surface area (Å²) in [4.78, 5) is 36.3. The lowest BCUT2D eigenvalue weighted by atomic mass is 10.0. The third kappa shape index (κ3) is 5.44. The van der Waals surface area contributed by atoms with Crippen LogP contribution in [0.1, 0.15) is 19.4 Å². The van der Waals surface area contributed by atoms with Gasteiger partial charge >= 0.3 is 11.7 Å². The summed E-state index contributed by atoms with van der Waals surface area (Å²) in [6, 6.07) is 16.3. The first-order chi connectivity index (χ1) is 13.9. The first kappa shape index (κ1) is 20.1. The monoisotopic (exact) mass is 393 g/mol. The van der Waals surface area contributed by atoms with Crippen molar-refractivity contribution in [2.45, 2.75) is 26.4 Å². The van der Waals surface area contributed by atoms with Gasteiger partial charge in [-0.05, 0) is 35.7 Å². The summed E-state index contributed by atoms with van der Waals surface area (Å²) >= 11 is 0. The molecule has 29 heavy (non-hydrogen) atoms. The van der Waals surface area contributed by atoms with Gasteiger partial charge in [-0.3, -0.25) is 4.79 Å². The predicted octanol–water partition coefficient (Wildman–Crippen LogP) is 3.26. The first-order valence-electron chi connectivity index (χ1n) is 9.35. The van der Waals surface area contributed by atoms with Gasteiger partial charge in [-0.15, -0.1) is 0 Å². The minimum absolute atomic E-state index is 0.115. The van der Waals surface area contributed by atoms with Crippen LogP contribution in [0.4, 0.5) is 10.5 Å². The summed E-state index contributed by atoms with van der Waals surface area (Å²) in [7, 11) is 0. The molecular weight excluding hydrogens is 370 g/mol. The molecule has 3 N–H and O–H groups in total. The molecule has 7 nitrogen and oxygen atoms in total. The maximum Gasteiger partial charge on any atom is 0.336 e. The van der Waals surface area contributed by atoms with Crippen LogP contribution in [0.3, 0.4) is 0 Å². The Kier molecular flexibility index (Phi) is 6.29. The molecule has 0 aliphatic carbocycles. The van der Waals surface area contributed by atoms with E-state index in [4.69, 9.17) is 4.42 Å². The van der Waals surface area contributed by atoms with E-state index in [-0.39, 0.29) is 11.8 Å². The molecule has 150 valence electrons. The Balaban J connectivity index is 1.63. The number of hydrogen-bond acceptors (Lipinski definition) is 4. The molecule has 3 aromatic rings. The van der Waals surface area contributed by atoms with Crippen molar-refractivity contribution >= 4 is 28.6 Å². The van der Waals surface area contributed by atoms with E-state index in [2.05, 4.69) is 16.0 Å². The minimum Gasteiger partial charge on any atom is -0.423 e. The number of urea groups is 1. The van der Waals surface area contributed by atoms with Crippen molar-refractivity contribution in [3.63, 3.8) is 0 Å². The van der Waals surface area contributed by atoms with Crippen LogP contribution < -0.4 is 21.6 Å². The van der Waals surface area contributed by atoms with E-state index < -0.39 is 17.7 Å². The second kappa shape index (κ2) is 9.05. The van der Waals surface area contributed by atoms with E-state index in [1.807, 2.05) is 44.2 Å². The number of benzene rings is 2. The van der Waals surface area contributed by atoms with Crippen LogP contribution in [0.15, 0.2) is 69.9 Å². The fourth-order valence-corrected chi connectivity index (χ4v) is 2.88. The number of nitrogens with one attached hydrogen (secondary N) is 3. The molecule has 0 bridgehead atoms. The highest BCUT2D eigenvalue weighted by Gasteiger charge is 2.24. The van der Waals surface area contributed by atoms with Gasteiger partial charge in [-0.1, -0.05) is 44.2 Å². The van der Waals surface area contributed by atoms with E-state index in [0.29, 0.717) is 23.2 Å². The lowest BCUT2D eigenvalue weighted by Gasteiger charge is -2.22. The molecule has 0 spiro atoms. The number of hydrogen-bond donors (Lipinski definition) is 3. The van der Waals surface area contributed by atoms with Crippen LogP contribution in [0.25, 0.3) is 11.0 Å². The second-order valence-electron chi connectivity index (χ2n) is 7.03. The van der Waals surface area contributed by atoms with Crippen LogP contribution in [0.5, 0.6) is 0 Å². The molecule has 3 amide bonds. The zero-order valence-corrected chi connectivity index (χ0v) is 16.3. The summed E-state index contributed by atoms with van der Waals surface area (Å²) < 4.78 is 5.09. The van der Waals surface area contributed by atoms with Gasteiger partial charge < -0.3 is 20.4 Å². The van der Waals surface area contributed by atoms with Crippen molar-refractivity contribution in [3.05, 3.63) is 76.6 Å². The average Bonchev–Trinajstić information content (AvgIpc) is 2.71. The highest BCUT2D eigenvalue weighted by Crippen LogP contribution is 2.18. The highest BCUT2D eigenvalue weighted by molar-refractivity contribution is 5.98. The van der Waals surface area contributed by atoms with Gasteiger partial charge in [0.25, 0.3) is 0 Å². The van der Waals surface area contributed by atoms with Crippen LogP contribution in [0, 0.1) is 5.92 Å². The minimum atomic E-state index is -0.713. The van der Waals surface area contributed by atoms with Crippen LogP contribution in [-0.4, -0.2) is 18.0 Å². The molecule has 0 aliphatic rings. The first-order valence-corrected chi connectivity index (χ1v) is 9.35. The van der Waals surface area contributed by atoms with Gasteiger partial charge in [0.2, 0.25) is 5.91 Å². The molecular formula is C22H23N3O4. The van der Waals surface area contributed by atoms with E-state index >= 15 is 0 Å². The molecule has 1 atom stereocenters. The Morgan fingerprint density at radius 2 is 1.76 bits per heavy atom. The van der Waals surface area contributed by atoms with Gasteiger partial charge in [0.15, 0.2) is 0 Å². The number of carbonyl (C=O) groups is 2. The van der Waals surface area contributed by atoms with E-state index in [9.17, 15) is 14.4 Å². The van der Waals surface area contributed by atoms with Crippen molar-refractivity contribution in [3.8, 4) is 0 Å². The zero-order valence-electron chi connectivity index (χ0n) is 16.3. The Bertz CT molecular complexity index is 1060. The molecule has 3 rings (SSSR count). The molecule has 0 aliphatic heterocycles. The number of amides is 3. The summed E-state index contributed by atoms with van der Waals surface area (Å²) in [5.41, 5.74) is 1.53. The van der Waals surface area contributed by atoms with Crippen molar-refractivity contribution in [1.29, 1.82) is 0 Å². The predicted molar refractivity (Wildman–Crippen MR) is 112 cm³/mol. The lowest BCUT2D eigenvalue weighted by Crippen LogP contribution is -2.50. The Hall–Kier alpha value is -3.61. The quantitative estimate of drug-likeness (QED) is 0.560. The van der Waals surface area contributed by atoms with E-state index in [0.717, 1.165) is 5.56 Å². The lowest BCUT2D eigenvalue weighted by molar-refractivity contribution is -0.118. The van der Waals surface area contributed by atoms with Gasteiger partial charge in [0.05, 0.1) is 0 Å². The number of fused-ring (bicyclic) bond motifs is 1. The molecule has 0 fully saturated rings. The molecule has 1 unspecified atom stereocenters. The van der Waals surface area contributed by atoms with Crippen molar-refractivity contribution in [2.75, 3.05) is 5.32 Å². The Morgan fingerprint density at radius 1 is 1.00 bits per heavy atom. The fourth-order valence-electron chi connectivity index (χ4n) is 2.88. The van der Waals surface area contributed by atoms with Crippen molar-refractivity contribution < 1.29 is 14.0 Å². The fraction of sp³-hybridized carbons (Fsp3) is 0.227. The molecule has 7 heteroatoms. The van der Waals surface area contributed by atoms with E-state index in [1.54, 1.807) is 24.3 Å². The third-order valence-electron chi connectivity index (χ3n) is 4.42. The number of rotatable bonds is 6. The second-order valence-corrected chi connectivity index (χ2v) is 7.03. The molecule has 2 aromatic carbocycles. The van der Waals surface area contributed by atoms with Gasteiger partial charge in [-0.2, -0.15) is 0 Å². The molecule has 1 aromatic heterocycles.